The SMILES string of the molecule is O=C(NCCS(=O)(=O)N1CCN(c2ccccc2Cl)CC1)c1ccccc1F. The molecule has 9 heteroatoms. The molecule has 6 nitrogen and oxygen atoms in total. The van der Waals surface area contributed by atoms with E-state index in [2.05, 4.69) is 5.32 Å². The molecule has 1 fully saturated rings. The monoisotopic (exact) mass is 425 g/mol. The van der Waals surface area contributed by atoms with Gasteiger partial charge in [-0.2, -0.15) is 4.31 Å². The van der Waals surface area contributed by atoms with Crippen LogP contribution in [-0.4, -0.2) is 57.1 Å². The summed E-state index contributed by atoms with van der Waals surface area (Å²) in [7, 11) is -3.52. The summed E-state index contributed by atoms with van der Waals surface area (Å²) >= 11 is 6.20. The highest BCUT2D eigenvalue weighted by Gasteiger charge is 2.27. The zero-order chi connectivity index (χ0) is 20.1. The minimum Gasteiger partial charge on any atom is -0.368 e. The smallest absolute Gasteiger partial charge is 0.254 e. The Morgan fingerprint density at radius 2 is 1.68 bits per heavy atom. The number of nitrogens with one attached hydrogen (secondary N) is 1. The Labute approximate surface area is 168 Å². The number of para-hydroxylation sites is 1. The Morgan fingerprint density at radius 3 is 2.36 bits per heavy atom. The van der Waals surface area contributed by atoms with Crippen molar-refractivity contribution in [3.8, 4) is 0 Å². The molecule has 0 unspecified atom stereocenters. The van der Waals surface area contributed by atoms with E-state index in [4.69, 9.17) is 11.6 Å². The fourth-order valence-electron chi connectivity index (χ4n) is 3.08. The predicted molar refractivity (Wildman–Crippen MR) is 108 cm³/mol. The molecule has 2 aromatic carbocycles. The summed E-state index contributed by atoms with van der Waals surface area (Å²) in [4.78, 5) is 14.0. The zero-order valence-electron chi connectivity index (χ0n) is 15.1. The maximum atomic E-state index is 13.6. The number of hydrogen-bond acceptors (Lipinski definition) is 4. The molecule has 0 spiro atoms. The number of carbonyl (C=O) groups is 1. The lowest BCUT2D eigenvalue weighted by Gasteiger charge is -2.35. The van der Waals surface area contributed by atoms with Gasteiger partial charge in [-0.1, -0.05) is 35.9 Å². The molecule has 0 bridgehead atoms. The van der Waals surface area contributed by atoms with Gasteiger partial charge in [-0.3, -0.25) is 4.79 Å². The van der Waals surface area contributed by atoms with Crippen molar-refractivity contribution < 1.29 is 17.6 Å². The average Bonchev–Trinajstić information content (AvgIpc) is 2.68. The molecule has 1 aliphatic heterocycles. The summed E-state index contributed by atoms with van der Waals surface area (Å²) in [5.41, 5.74) is 0.784. The minimum absolute atomic E-state index is 0.0831. The third-order valence-corrected chi connectivity index (χ3v) is 6.78. The zero-order valence-corrected chi connectivity index (χ0v) is 16.7. The van der Waals surface area contributed by atoms with Crippen LogP contribution in [0.25, 0.3) is 0 Å². The van der Waals surface area contributed by atoms with E-state index in [0.29, 0.717) is 31.2 Å². The highest BCUT2D eigenvalue weighted by Crippen LogP contribution is 2.26. The molecule has 1 amide bonds. The number of carbonyl (C=O) groups excluding carboxylic acids is 1. The average molecular weight is 426 g/mol. The van der Waals surface area contributed by atoms with E-state index in [-0.39, 0.29) is 17.9 Å². The normalized spacial score (nSPS) is 15.4. The van der Waals surface area contributed by atoms with Crippen LogP contribution < -0.4 is 10.2 Å². The van der Waals surface area contributed by atoms with Gasteiger partial charge in [0.25, 0.3) is 5.91 Å². The lowest BCUT2D eigenvalue weighted by Crippen LogP contribution is -2.50. The molecular weight excluding hydrogens is 405 g/mol. The van der Waals surface area contributed by atoms with Crippen molar-refractivity contribution in [1.82, 2.24) is 9.62 Å². The van der Waals surface area contributed by atoms with E-state index in [1.165, 1.54) is 22.5 Å². The van der Waals surface area contributed by atoms with Crippen molar-refractivity contribution >= 4 is 33.2 Å². The molecule has 1 aliphatic rings. The van der Waals surface area contributed by atoms with Crippen LogP contribution in [0, 0.1) is 5.82 Å². The largest absolute Gasteiger partial charge is 0.368 e. The molecule has 0 radical (unpaired) electrons. The van der Waals surface area contributed by atoms with Crippen LogP contribution in [0.2, 0.25) is 5.02 Å². The number of nitrogens with zero attached hydrogens (tertiary/aromatic N) is 2. The van der Waals surface area contributed by atoms with Gasteiger partial charge in [-0.05, 0) is 24.3 Å². The number of piperazine rings is 1. The maximum absolute atomic E-state index is 13.6. The third-order valence-electron chi connectivity index (χ3n) is 4.59. The number of sulfonamides is 1. The number of benzene rings is 2. The Morgan fingerprint density at radius 1 is 1.04 bits per heavy atom. The first-order valence-corrected chi connectivity index (χ1v) is 10.9. The van der Waals surface area contributed by atoms with Crippen molar-refractivity contribution in [2.45, 2.75) is 0 Å². The van der Waals surface area contributed by atoms with Gasteiger partial charge in [-0.25, -0.2) is 12.8 Å². The highest BCUT2D eigenvalue weighted by atomic mass is 35.5. The fourth-order valence-corrected chi connectivity index (χ4v) is 4.67. The van der Waals surface area contributed by atoms with Crippen molar-refractivity contribution in [3.05, 3.63) is 64.9 Å². The Hall–Kier alpha value is -2.16. The second kappa shape index (κ2) is 8.89. The summed E-state index contributed by atoms with van der Waals surface area (Å²) in [5.74, 6) is -1.50. The summed E-state index contributed by atoms with van der Waals surface area (Å²) < 4.78 is 40.1. The molecular formula is C19H21ClFN3O3S. The van der Waals surface area contributed by atoms with Crippen molar-refractivity contribution in [2.24, 2.45) is 0 Å². The Balaban J connectivity index is 1.51. The molecule has 2 aromatic rings. The number of anilines is 1. The van der Waals surface area contributed by atoms with Crippen LogP contribution in [0.15, 0.2) is 48.5 Å². The van der Waals surface area contributed by atoms with Crippen LogP contribution >= 0.6 is 11.6 Å². The van der Waals surface area contributed by atoms with Gasteiger partial charge < -0.3 is 10.2 Å². The standard InChI is InChI=1S/C19H21ClFN3O3S/c20-16-6-2-4-8-18(16)23-10-12-24(13-11-23)28(26,27)14-9-22-19(25)15-5-1-3-7-17(15)21/h1-8H,9-14H2,(H,22,25). The molecule has 1 saturated heterocycles. The van der Waals surface area contributed by atoms with Gasteiger partial charge in [0.05, 0.1) is 22.0 Å². The van der Waals surface area contributed by atoms with Gasteiger partial charge in [0.1, 0.15) is 5.82 Å². The van der Waals surface area contributed by atoms with Crippen LogP contribution in [0.4, 0.5) is 10.1 Å². The van der Waals surface area contributed by atoms with Gasteiger partial charge in [-0.15, -0.1) is 0 Å². The summed E-state index contributed by atoms with van der Waals surface area (Å²) in [6.07, 6.45) is 0. The third kappa shape index (κ3) is 4.81. The quantitative estimate of drug-likeness (QED) is 0.771. The summed E-state index contributed by atoms with van der Waals surface area (Å²) in [5, 5.41) is 3.10. The number of hydrogen-bond donors (Lipinski definition) is 1. The first-order valence-electron chi connectivity index (χ1n) is 8.88. The van der Waals surface area contributed by atoms with E-state index in [1.807, 2.05) is 23.1 Å². The molecule has 0 atom stereocenters. The molecule has 0 aliphatic carbocycles. The highest BCUT2D eigenvalue weighted by molar-refractivity contribution is 7.89. The second-order valence-electron chi connectivity index (χ2n) is 6.39. The van der Waals surface area contributed by atoms with Gasteiger partial charge in [0.15, 0.2) is 0 Å². The van der Waals surface area contributed by atoms with Crippen LogP contribution in [0.3, 0.4) is 0 Å². The first-order chi connectivity index (χ1) is 13.4. The van der Waals surface area contributed by atoms with Gasteiger partial charge in [0.2, 0.25) is 10.0 Å². The molecule has 0 aromatic heterocycles. The lowest BCUT2D eigenvalue weighted by molar-refractivity contribution is 0.0952. The van der Waals surface area contributed by atoms with E-state index in [0.717, 1.165) is 5.69 Å². The van der Waals surface area contributed by atoms with Gasteiger partial charge >= 0.3 is 0 Å². The van der Waals surface area contributed by atoms with Crippen molar-refractivity contribution in [1.29, 1.82) is 0 Å². The van der Waals surface area contributed by atoms with Crippen molar-refractivity contribution in [3.63, 3.8) is 0 Å². The predicted octanol–water partition coefficient (Wildman–Crippen LogP) is 2.36. The lowest BCUT2D eigenvalue weighted by atomic mass is 10.2. The molecule has 150 valence electrons. The topological polar surface area (TPSA) is 69.7 Å². The van der Waals surface area contributed by atoms with E-state index >= 15 is 0 Å². The minimum atomic E-state index is -3.52. The van der Waals surface area contributed by atoms with Crippen LogP contribution in [0.5, 0.6) is 0 Å². The Bertz CT molecular complexity index is 947. The summed E-state index contributed by atoms with van der Waals surface area (Å²) in [6.45, 7) is 1.67. The first kappa shape index (κ1) is 20.6. The number of rotatable bonds is 6. The summed E-state index contributed by atoms with van der Waals surface area (Å²) in [6, 6.07) is 13.0. The molecule has 1 heterocycles. The van der Waals surface area contributed by atoms with Crippen LogP contribution in [-0.2, 0) is 10.0 Å². The fraction of sp³-hybridized carbons (Fsp3) is 0.316. The van der Waals surface area contributed by atoms with Crippen molar-refractivity contribution in [2.75, 3.05) is 43.4 Å². The number of amides is 1. The molecule has 0 saturated carbocycles. The van der Waals surface area contributed by atoms with Crippen LogP contribution in [0.1, 0.15) is 10.4 Å². The molecule has 28 heavy (non-hydrogen) atoms. The maximum Gasteiger partial charge on any atom is 0.254 e. The Kier molecular flexibility index (Phi) is 6.53. The van der Waals surface area contributed by atoms with E-state index < -0.39 is 21.7 Å². The van der Waals surface area contributed by atoms with Gasteiger partial charge in [0, 0.05) is 32.7 Å². The molecule has 3 rings (SSSR count). The molecule has 1 N–H and O–H groups in total. The number of halogens is 2. The van der Waals surface area contributed by atoms with E-state index in [9.17, 15) is 17.6 Å². The second-order valence-corrected chi connectivity index (χ2v) is 8.88. The van der Waals surface area contributed by atoms with E-state index in [1.54, 1.807) is 12.1 Å².